The molecule has 1 aromatic rings. The molecule has 3 atom stereocenters. The molecule has 2 heterocycles. The predicted molar refractivity (Wildman–Crippen MR) is 107 cm³/mol. The summed E-state index contributed by atoms with van der Waals surface area (Å²) in [6.45, 7) is 3.89. The maximum atomic E-state index is 10.6. The standard InChI is InChI=1S/C17H24N2O2.2C2HF3O2/c1-2-14(10-18-7-1)12-21-16-6-5-15-17(16)20-9-8-19(15)11-13-3-4-13;2*3-2(4,5)1(6)7/h1-2,7,10,13,15-17H,3-6,8-9,11-12H2;2*(H,6,7)/t15-,16+,17+;;/m0../s1. The maximum absolute atomic E-state index is 10.6. The molecule has 3 aliphatic rings. The lowest BCUT2D eigenvalue weighted by Crippen LogP contribution is -2.52. The fourth-order valence-corrected chi connectivity index (χ4v) is 3.72. The number of rotatable bonds is 5. The van der Waals surface area contributed by atoms with Crippen LogP contribution >= 0.6 is 0 Å². The summed E-state index contributed by atoms with van der Waals surface area (Å²) in [4.78, 5) is 24.6. The Balaban J connectivity index is 0.000000257. The number of hydrogen-bond acceptors (Lipinski definition) is 6. The van der Waals surface area contributed by atoms with Gasteiger partial charge in [-0.2, -0.15) is 26.3 Å². The summed E-state index contributed by atoms with van der Waals surface area (Å²) in [5.74, 6) is -4.56. The summed E-state index contributed by atoms with van der Waals surface area (Å²) >= 11 is 0. The second-order valence-corrected chi connectivity index (χ2v) is 8.23. The van der Waals surface area contributed by atoms with Crippen LogP contribution in [0.15, 0.2) is 24.5 Å². The number of pyridine rings is 1. The van der Waals surface area contributed by atoms with Gasteiger partial charge in [-0.15, -0.1) is 0 Å². The molecule has 2 saturated carbocycles. The van der Waals surface area contributed by atoms with Crippen LogP contribution in [-0.4, -0.2) is 82.3 Å². The van der Waals surface area contributed by atoms with Crippen LogP contribution in [0.25, 0.3) is 0 Å². The predicted octanol–water partition coefficient (Wildman–Crippen LogP) is 3.51. The van der Waals surface area contributed by atoms with Gasteiger partial charge in [0.25, 0.3) is 0 Å². The third-order valence-electron chi connectivity index (χ3n) is 5.51. The van der Waals surface area contributed by atoms with E-state index in [-0.39, 0.29) is 12.2 Å². The number of hydrogen-bond donors (Lipinski definition) is 2. The van der Waals surface area contributed by atoms with E-state index in [0.717, 1.165) is 31.1 Å². The van der Waals surface area contributed by atoms with Crippen LogP contribution in [0.5, 0.6) is 0 Å². The number of aliphatic carboxylic acids is 2. The highest BCUT2D eigenvalue weighted by molar-refractivity contribution is 5.73. The summed E-state index contributed by atoms with van der Waals surface area (Å²) in [7, 11) is 0. The van der Waals surface area contributed by atoms with Gasteiger partial charge in [0.05, 0.1) is 25.4 Å². The Morgan fingerprint density at radius 2 is 1.66 bits per heavy atom. The first-order valence-corrected chi connectivity index (χ1v) is 10.8. The van der Waals surface area contributed by atoms with Crippen molar-refractivity contribution in [3.05, 3.63) is 30.1 Å². The van der Waals surface area contributed by atoms with Crippen LogP contribution in [-0.2, 0) is 25.7 Å². The summed E-state index contributed by atoms with van der Waals surface area (Å²) in [5, 5.41) is 14.2. The molecule has 0 spiro atoms. The zero-order valence-corrected chi connectivity index (χ0v) is 18.5. The number of aromatic nitrogens is 1. The average molecular weight is 516 g/mol. The maximum Gasteiger partial charge on any atom is 0.490 e. The zero-order valence-electron chi connectivity index (χ0n) is 18.5. The lowest BCUT2D eigenvalue weighted by molar-refractivity contribution is -0.193. The molecule has 0 aromatic carbocycles. The van der Waals surface area contributed by atoms with E-state index in [0.29, 0.717) is 12.6 Å². The Kier molecular flexibility index (Phi) is 10.3. The number of carboxylic acid groups (broad SMARTS) is 2. The van der Waals surface area contributed by atoms with E-state index in [9.17, 15) is 26.3 Å². The average Bonchev–Trinajstić information content (AvgIpc) is 3.49. The summed E-state index contributed by atoms with van der Waals surface area (Å²) < 4.78 is 75.7. The number of fused-ring (bicyclic) bond motifs is 1. The van der Waals surface area contributed by atoms with Crippen molar-refractivity contribution in [2.24, 2.45) is 5.92 Å². The molecule has 2 N–H and O–H groups in total. The van der Waals surface area contributed by atoms with Crippen molar-refractivity contribution in [2.45, 2.75) is 62.9 Å². The number of morpholine rings is 1. The van der Waals surface area contributed by atoms with Crippen LogP contribution in [0.4, 0.5) is 26.3 Å². The molecule has 2 aliphatic carbocycles. The normalized spacial score (nSPS) is 24.3. The second kappa shape index (κ2) is 12.5. The van der Waals surface area contributed by atoms with E-state index in [2.05, 4.69) is 16.0 Å². The Morgan fingerprint density at radius 3 is 2.14 bits per heavy atom. The lowest BCUT2D eigenvalue weighted by atomic mass is 10.1. The van der Waals surface area contributed by atoms with Gasteiger partial charge in [-0.05, 0) is 43.2 Å². The van der Waals surface area contributed by atoms with Gasteiger partial charge in [0.2, 0.25) is 0 Å². The topological polar surface area (TPSA) is 109 Å². The number of carboxylic acids is 2. The van der Waals surface area contributed by atoms with Crippen molar-refractivity contribution >= 4 is 11.9 Å². The van der Waals surface area contributed by atoms with E-state index < -0.39 is 24.3 Å². The second-order valence-electron chi connectivity index (χ2n) is 8.23. The van der Waals surface area contributed by atoms with E-state index in [1.165, 1.54) is 25.8 Å². The van der Waals surface area contributed by atoms with Crippen LogP contribution in [0.3, 0.4) is 0 Å². The highest BCUT2D eigenvalue weighted by Crippen LogP contribution is 2.36. The van der Waals surface area contributed by atoms with Crippen LogP contribution in [0.1, 0.15) is 31.2 Å². The van der Waals surface area contributed by atoms with E-state index in [1.54, 1.807) is 6.20 Å². The zero-order chi connectivity index (χ0) is 26.2. The number of carbonyl (C=O) groups is 2. The van der Waals surface area contributed by atoms with Gasteiger partial charge >= 0.3 is 24.3 Å². The van der Waals surface area contributed by atoms with Gasteiger partial charge < -0.3 is 19.7 Å². The molecule has 35 heavy (non-hydrogen) atoms. The van der Waals surface area contributed by atoms with Gasteiger partial charge in [-0.1, -0.05) is 6.07 Å². The van der Waals surface area contributed by atoms with Gasteiger partial charge in [0.1, 0.15) is 0 Å². The highest BCUT2D eigenvalue weighted by Gasteiger charge is 2.44. The minimum atomic E-state index is -5.08. The van der Waals surface area contributed by atoms with Crippen molar-refractivity contribution in [2.75, 3.05) is 19.7 Å². The van der Waals surface area contributed by atoms with Crippen LogP contribution in [0.2, 0.25) is 0 Å². The summed E-state index contributed by atoms with van der Waals surface area (Å²) in [6, 6.07) is 4.61. The lowest BCUT2D eigenvalue weighted by Gasteiger charge is -2.39. The molecular formula is C21H26F6N2O6. The molecule has 1 saturated heterocycles. The minimum Gasteiger partial charge on any atom is -0.475 e. The van der Waals surface area contributed by atoms with Crippen molar-refractivity contribution < 1.29 is 55.6 Å². The SMILES string of the molecule is O=C(O)C(F)(F)F.O=C(O)C(F)(F)F.c1cncc(CO[C@@H]2CC[C@H]3[C@H]2OCCN3CC2CC2)c1. The minimum absolute atomic E-state index is 0.247. The summed E-state index contributed by atoms with van der Waals surface area (Å²) in [6.07, 6.45) is -0.772. The Labute approximate surface area is 196 Å². The molecule has 0 bridgehead atoms. The smallest absolute Gasteiger partial charge is 0.475 e. The Morgan fingerprint density at radius 1 is 1.06 bits per heavy atom. The number of halogens is 6. The molecular weight excluding hydrogens is 490 g/mol. The first-order chi connectivity index (χ1) is 16.3. The molecule has 0 radical (unpaired) electrons. The first kappa shape index (κ1) is 28.8. The molecule has 0 amide bonds. The molecule has 8 nitrogen and oxygen atoms in total. The van der Waals surface area contributed by atoms with Crippen molar-refractivity contribution in [1.29, 1.82) is 0 Å². The number of nitrogens with zero attached hydrogens (tertiary/aromatic N) is 2. The Hall–Kier alpha value is -2.45. The Bertz CT molecular complexity index is 795. The monoisotopic (exact) mass is 516 g/mol. The molecule has 3 fully saturated rings. The molecule has 1 aromatic heterocycles. The highest BCUT2D eigenvalue weighted by atomic mass is 19.4. The van der Waals surface area contributed by atoms with Gasteiger partial charge in [-0.25, -0.2) is 9.59 Å². The molecule has 1 aliphatic heterocycles. The van der Waals surface area contributed by atoms with Crippen molar-refractivity contribution in [1.82, 2.24) is 9.88 Å². The van der Waals surface area contributed by atoms with Crippen LogP contribution in [0, 0.1) is 5.92 Å². The van der Waals surface area contributed by atoms with E-state index in [4.69, 9.17) is 29.3 Å². The van der Waals surface area contributed by atoms with E-state index >= 15 is 0 Å². The van der Waals surface area contributed by atoms with E-state index in [1.807, 2.05) is 12.3 Å². The third-order valence-corrected chi connectivity index (χ3v) is 5.51. The molecule has 0 unspecified atom stereocenters. The van der Waals surface area contributed by atoms with Gasteiger partial charge in [0.15, 0.2) is 0 Å². The summed E-state index contributed by atoms with van der Waals surface area (Å²) in [5.41, 5.74) is 1.14. The quantitative estimate of drug-likeness (QED) is 0.573. The molecule has 4 rings (SSSR count). The number of ether oxygens (including phenoxy) is 2. The molecule has 198 valence electrons. The third kappa shape index (κ3) is 9.98. The van der Waals surface area contributed by atoms with Gasteiger partial charge in [-0.3, -0.25) is 9.88 Å². The largest absolute Gasteiger partial charge is 0.490 e. The van der Waals surface area contributed by atoms with Crippen molar-refractivity contribution in [3.8, 4) is 0 Å². The fraction of sp³-hybridized carbons (Fsp3) is 0.667. The van der Waals surface area contributed by atoms with Crippen molar-refractivity contribution in [3.63, 3.8) is 0 Å². The van der Waals surface area contributed by atoms with Crippen LogP contribution < -0.4 is 0 Å². The molecule has 14 heteroatoms. The first-order valence-electron chi connectivity index (χ1n) is 10.8. The fourth-order valence-electron chi connectivity index (χ4n) is 3.72. The number of alkyl halides is 6. The van der Waals surface area contributed by atoms with Gasteiger partial charge in [0, 0.05) is 31.5 Å².